The lowest BCUT2D eigenvalue weighted by atomic mass is 10.1. The number of hydrogen-bond donors (Lipinski definition) is 1. The van der Waals surface area contributed by atoms with Gasteiger partial charge in [0.15, 0.2) is 0 Å². The highest BCUT2D eigenvalue weighted by atomic mass is 32.1. The van der Waals surface area contributed by atoms with E-state index in [-0.39, 0.29) is 6.61 Å². The monoisotopic (exact) mass is 259 g/mol. The van der Waals surface area contributed by atoms with Crippen molar-refractivity contribution in [1.29, 1.82) is 5.26 Å². The Kier molecular flexibility index (Phi) is 3.92. The third-order valence-corrected chi connectivity index (χ3v) is 3.29. The molecule has 0 aliphatic rings. The molecule has 1 N–H and O–H groups in total. The minimum atomic E-state index is -0.0508. The molecule has 0 saturated heterocycles. The standard InChI is InChI=1S/C13H13N3OS/c1-16(6-12-8-18-9-15-12)13-3-2-10(7-17)4-11(13)5-14/h2-4,8-9,17H,6-7H2,1H3. The summed E-state index contributed by atoms with van der Waals surface area (Å²) in [4.78, 5) is 6.21. The third kappa shape index (κ3) is 2.67. The molecular formula is C13H13N3OS. The zero-order valence-electron chi connectivity index (χ0n) is 10.00. The highest BCUT2D eigenvalue weighted by molar-refractivity contribution is 7.07. The molecule has 5 heteroatoms. The average Bonchev–Trinajstić information content (AvgIpc) is 2.90. The SMILES string of the molecule is CN(Cc1cscn1)c1ccc(CO)cc1C#N. The van der Waals surface area contributed by atoms with E-state index in [1.54, 1.807) is 22.9 Å². The maximum atomic E-state index is 9.14. The van der Waals surface area contributed by atoms with Crippen LogP contribution in [0.5, 0.6) is 0 Å². The number of hydrogen-bond acceptors (Lipinski definition) is 5. The molecular weight excluding hydrogens is 246 g/mol. The van der Waals surface area contributed by atoms with E-state index >= 15 is 0 Å². The summed E-state index contributed by atoms with van der Waals surface area (Å²) in [6.45, 7) is 0.613. The molecule has 1 heterocycles. The fourth-order valence-electron chi connectivity index (χ4n) is 1.75. The number of anilines is 1. The van der Waals surface area contributed by atoms with Gasteiger partial charge in [-0.1, -0.05) is 6.07 Å². The summed E-state index contributed by atoms with van der Waals surface area (Å²) in [5.41, 5.74) is 4.94. The number of benzene rings is 1. The molecule has 92 valence electrons. The Morgan fingerprint density at radius 1 is 1.50 bits per heavy atom. The fourth-order valence-corrected chi connectivity index (χ4v) is 2.30. The van der Waals surface area contributed by atoms with Gasteiger partial charge in [-0.05, 0) is 17.7 Å². The van der Waals surface area contributed by atoms with E-state index in [4.69, 9.17) is 10.4 Å². The number of aliphatic hydroxyl groups excluding tert-OH is 1. The second-order valence-corrected chi connectivity index (χ2v) is 4.68. The van der Waals surface area contributed by atoms with Gasteiger partial charge in [-0.25, -0.2) is 4.98 Å². The summed E-state index contributed by atoms with van der Waals surface area (Å²) in [6, 6.07) is 7.56. The van der Waals surface area contributed by atoms with Crippen molar-refractivity contribution in [1.82, 2.24) is 4.98 Å². The molecule has 18 heavy (non-hydrogen) atoms. The van der Waals surface area contributed by atoms with Gasteiger partial charge in [0.1, 0.15) is 6.07 Å². The Labute approximate surface area is 110 Å². The predicted octanol–water partition coefficient (Wildman–Crippen LogP) is 2.14. The van der Waals surface area contributed by atoms with Gasteiger partial charge in [0.25, 0.3) is 0 Å². The minimum Gasteiger partial charge on any atom is -0.392 e. The van der Waals surface area contributed by atoms with Crippen molar-refractivity contribution < 1.29 is 5.11 Å². The van der Waals surface area contributed by atoms with Crippen LogP contribution in [0.2, 0.25) is 0 Å². The Morgan fingerprint density at radius 3 is 2.94 bits per heavy atom. The second kappa shape index (κ2) is 5.63. The topological polar surface area (TPSA) is 60.1 Å². The number of nitrogens with zero attached hydrogens (tertiary/aromatic N) is 3. The first-order valence-electron chi connectivity index (χ1n) is 5.46. The van der Waals surface area contributed by atoms with Crippen molar-refractivity contribution in [3.8, 4) is 6.07 Å². The molecule has 0 aliphatic carbocycles. The van der Waals surface area contributed by atoms with E-state index in [1.165, 1.54) is 0 Å². The van der Waals surface area contributed by atoms with Crippen molar-refractivity contribution in [2.45, 2.75) is 13.2 Å². The molecule has 2 rings (SSSR count). The quantitative estimate of drug-likeness (QED) is 0.914. The highest BCUT2D eigenvalue weighted by Crippen LogP contribution is 2.22. The van der Waals surface area contributed by atoms with Gasteiger partial charge in [0, 0.05) is 12.4 Å². The molecule has 0 aliphatic heterocycles. The predicted molar refractivity (Wildman–Crippen MR) is 71.3 cm³/mol. The van der Waals surface area contributed by atoms with Crippen molar-refractivity contribution in [2.75, 3.05) is 11.9 Å². The molecule has 0 radical (unpaired) electrons. The smallest absolute Gasteiger partial charge is 0.101 e. The van der Waals surface area contributed by atoms with Crippen LogP contribution in [0.1, 0.15) is 16.8 Å². The van der Waals surface area contributed by atoms with Gasteiger partial charge in [-0.3, -0.25) is 0 Å². The third-order valence-electron chi connectivity index (χ3n) is 2.66. The largest absolute Gasteiger partial charge is 0.392 e. The van der Waals surface area contributed by atoms with Crippen LogP contribution >= 0.6 is 11.3 Å². The first-order valence-corrected chi connectivity index (χ1v) is 6.41. The average molecular weight is 259 g/mol. The van der Waals surface area contributed by atoms with Crippen molar-refractivity contribution in [3.05, 3.63) is 45.9 Å². The molecule has 4 nitrogen and oxygen atoms in total. The molecule has 0 bridgehead atoms. The molecule has 1 aromatic carbocycles. The van der Waals surface area contributed by atoms with Gasteiger partial charge < -0.3 is 10.0 Å². The van der Waals surface area contributed by atoms with Crippen LogP contribution in [0.25, 0.3) is 0 Å². The zero-order chi connectivity index (χ0) is 13.0. The summed E-state index contributed by atoms with van der Waals surface area (Å²) in [5.74, 6) is 0. The lowest BCUT2D eigenvalue weighted by molar-refractivity contribution is 0.282. The summed E-state index contributed by atoms with van der Waals surface area (Å²) in [6.07, 6.45) is 0. The van der Waals surface area contributed by atoms with Crippen molar-refractivity contribution >= 4 is 17.0 Å². The van der Waals surface area contributed by atoms with E-state index in [1.807, 2.05) is 29.5 Å². The van der Waals surface area contributed by atoms with Crippen LogP contribution in [0.15, 0.2) is 29.1 Å². The molecule has 1 aromatic heterocycles. The highest BCUT2D eigenvalue weighted by Gasteiger charge is 2.09. The van der Waals surface area contributed by atoms with Crippen molar-refractivity contribution in [3.63, 3.8) is 0 Å². The Bertz CT molecular complexity index is 560. The Hall–Kier alpha value is -1.90. The Morgan fingerprint density at radius 2 is 2.33 bits per heavy atom. The number of aliphatic hydroxyl groups is 1. The lowest BCUT2D eigenvalue weighted by Crippen LogP contribution is -2.17. The van der Waals surface area contributed by atoms with Gasteiger partial charge in [0.2, 0.25) is 0 Å². The van der Waals surface area contributed by atoms with E-state index in [0.717, 1.165) is 16.9 Å². The Balaban J connectivity index is 2.24. The first-order chi connectivity index (χ1) is 8.74. The van der Waals surface area contributed by atoms with E-state index in [0.29, 0.717) is 12.1 Å². The van der Waals surface area contributed by atoms with Gasteiger partial charge >= 0.3 is 0 Å². The number of aromatic nitrogens is 1. The first kappa shape index (κ1) is 12.6. The van der Waals surface area contributed by atoms with Crippen LogP contribution in [-0.4, -0.2) is 17.1 Å². The van der Waals surface area contributed by atoms with E-state index in [9.17, 15) is 0 Å². The van der Waals surface area contributed by atoms with Gasteiger partial charge in [-0.15, -0.1) is 11.3 Å². The van der Waals surface area contributed by atoms with E-state index < -0.39 is 0 Å². The summed E-state index contributed by atoms with van der Waals surface area (Å²) >= 11 is 1.56. The summed E-state index contributed by atoms with van der Waals surface area (Å²) < 4.78 is 0. The lowest BCUT2D eigenvalue weighted by Gasteiger charge is -2.19. The van der Waals surface area contributed by atoms with Crippen LogP contribution in [-0.2, 0) is 13.2 Å². The normalized spacial score (nSPS) is 10.1. The summed E-state index contributed by atoms with van der Waals surface area (Å²) in [7, 11) is 1.92. The second-order valence-electron chi connectivity index (χ2n) is 3.96. The van der Waals surface area contributed by atoms with Gasteiger partial charge in [-0.2, -0.15) is 5.26 Å². The molecule has 0 saturated carbocycles. The molecule has 0 fully saturated rings. The summed E-state index contributed by atoms with van der Waals surface area (Å²) in [5, 5.41) is 20.2. The van der Waals surface area contributed by atoms with Crippen LogP contribution in [0, 0.1) is 11.3 Å². The maximum absolute atomic E-state index is 9.14. The van der Waals surface area contributed by atoms with Crippen molar-refractivity contribution in [2.24, 2.45) is 0 Å². The van der Waals surface area contributed by atoms with Crippen LogP contribution in [0.3, 0.4) is 0 Å². The van der Waals surface area contributed by atoms with Crippen LogP contribution < -0.4 is 4.90 Å². The number of nitriles is 1. The molecule has 2 aromatic rings. The minimum absolute atomic E-state index is 0.0508. The molecule has 0 spiro atoms. The van der Waals surface area contributed by atoms with E-state index in [2.05, 4.69) is 11.1 Å². The fraction of sp³-hybridized carbons (Fsp3) is 0.231. The molecule has 0 amide bonds. The molecule has 0 unspecified atom stereocenters. The zero-order valence-corrected chi connectivity index (χ0v) is 10.8. The number of thiazole rings is 1. The van der Waals surface area contributed by atoms with Gasteiger partial charge in [0.05, 0.1) is 35.6 Å². The maximum Gasteiger partial charge on any atom is 0.101 e. The number of rotatable bonds is 4. The molecule has 0 atom stereocenters. The van der Waals surface area contributed by atoms with Crippen LogP contribution in [0.4, 0.5) is 5.69 Å².